The first-order valence-corrected chi connectivity index (χ1v) is 21.1. The highest BCUT2D eigenvalue weighted by Crippen LogP contribution is 2.39. The van der Waals surface area contributed by atoms with E-state index in [1.807, 2.05) is 30.3 Å². The number of alkyl halides is 2. The summed E-state index contributed by atoms with van der Waals surface area (Å²) in [6, 6.07) is 14.9. The van der Waals surface area contributed by atoms with Gasteiger partial charge in [-0.05, 0) is 73.4 Å². The van der Waals surface area contributed by atoms with Crippen LogP contribution in [0.2, 0.25) is 0 Å². The minimum atomic E-state index is -0.559. The standard InChI is InChI=1S/C21H28FN5O2S.C19H21FN4O2S2/c1-3-4-17-14(6-8-20-26-18(23)12-19(24)27-20)25-21(30-17)13-5-7-15(28-2)16(11-13)29-10-9-22;1-11-14(12-3-4-15(26-6-5-20)16(7-12)25-2)8-13(28-11)10-27-19-23-17(21)9-18(22)24-19/h5,7,11-12,18H,3-4,6,8-10,23-24H2,1-2H3,(H,26,27);3-4,7-9H,5-6,10H2,1-2H3,(H4,21,22,23,24). The van der Waals surface area contributed by atoms with Crippen LogP contribution in [-0.2, 0) is 18.6 Å². The molecule has 13 nitrogen and oxygen atoms in total. The fourth-order valence-corrected chi connectivity index (χ4v) is 9.04. The second-order valence-electron chi connectivity index (χ2n) is 12.7. The Bertz CT molecular complexity index is 2180. The number of aliphatic imine (C=N–C) groups is 1. The van der Waals surface area contributed by atoms with Gasteiger partial charge in [0.2, 0.25) is 0 Å². The molecular formula is C40H49F2N9O4S3. The number of thiophene rings is 1. The third-order valence-electron chi connectivity index (χ3n) is 8.41. The van der Waals surface area contributed by atoms with Gasteiger partial charge in [-0.1, -0.05) is 31.2 Å². The molecule has 0 bridgehead atoms. The smallest absolute Gasteiger partial charge is 0.191 e. The third kappa shape index (κ3) is 12.2. The number of benzene rings is 2. The van der Waals surface area contributed by atoms with Gasteiger partial charge in [0.25, 0.3) is 0 Å². The molecule has 0 amide bonds. The molecular weight excluding hydrogens is 805 g/mol. The van der Waals surface area contributed by atoms with Crippen LogP contribution < -0.4 is 47.2 Å². The largest absolute Gasteiger partial charge is 0.493 e. The normalized spacial score (nSPS) is 13.5. The average Bonchev–Trinajstić information content (AvgIpc) is 3.79. The number of hydrogen-bond donors (Lipinski definition) is 5. The number of nitrogens with two attached hydrogens (primary N) is 4. The Hall–Kier alpha value is -5.17. The number of thioether (sulfide) groups is 1. The molecule has 0 fully saturated rings. The molecule has 0 radical (unpaired) electrons. The summed E-state index contributed by atoms with van der Waals surface area (Å²) in [5.74, 6) is 4.92. The number of amidine groups is 1. The summed E-state index contributed by atoms with van der Waals surface area (Å²) in [6.45, 7) is 3.11. The lowest BCUT2D eigenvalue weighted by Gasteiger charge is -2.17. The molecule has 310 valence electrons. The van der Waals surface area contributed by atoms with Gasteiger partial charge in [-0.15, -0.1) is 22.7 Å². The van der Waals surface area contributed by atoms with E-state index in [4.69, 9.17) is 46.9 Å². The van der Waals surface area contributed by atoms with Crippen LogP contribution in [0.1, 0.15) is 40.1 Å². The van der Waals surface area contributed by atoms with E-state index >= 15 is 0 Å². The molecule has 6 rings (SSSR count). The second-order valence-corrected chi connectivity index (χ2v) is 16.1. The van der Waals surface area contributed by atoms with Crippen molar-refractivity contribution in [3.8, 4) is 44.7 Å². The van der Waals surface area contributed by atoms with Gasteiger partial charge in [-0.25, -0.2) is 28.7 Å². The molecule has 0 saturated carbocycles. The number of ether oxygens (including phenoxy) is 4. The number of nitrogens with zero attached hydrogens (tertiary/aromatic N) is 4. The first kappa shape index (κ1) is 43.9. The first-order valence-electron chi connectivity index (χ1n) is 18.5. The molecule has 5 aromatic rings. The van der Waals surface area contributed by atoms with Crippen molar-refractivity contribution in [2.45, 2.75) is 56.6 Å². The summed E-state index contributed by atoms with van der Waals surface area (Å²) in [7, 11) is 3.13. The molecule has 18 heteroatoms. The van der Waals surface area contributed by atoms with E-state index in [0.717, 1.165) is 52.5 Å². The summed E-state index contributed by atoms with van der Waals surface area (Å²) >= 11 is 4.86. The van der Waals surface area contributed by atoms with Crippen molar-refractivity contribution in [2.24, 2.45) is 16.5 Å². The van der Waals surface area contributed by atoms with Gasteiger partial charge in [0.1, 0.15) is 61.0 Å². The third-order valence-corrected chi connectivity index (χ3v) is 11.7. The highest BCUT2D eigenvalue weighted by molar-refractivity contribution is 7.98. The fourth-order valence-electron chi connectivity index (χ4n) is 5.87. The Morgan fingerprint density at radius 1 is 0.793 bits per heavy atom. The van der Waals surface area contributed by atoms with Crippen LogP contribution in [0.4, 0.5) is 20.4 Å². The van der Waals surface area contributed by atoms with Gasteiger partial charge in [0.15, 0.2) is 28.2 Å². The summed E-state index contributed by atoms with van der Waals surface area (Å²) in [6.07, 6.45) is 4.66. The molecule has 9 N–H and O–H groups in total. The maximum atomic E-state index is 12.6. The number of rotatable bonds is 18. The fraction of sp³-hybridized carbons (Fsp3) is 0.350. The Labute approximate surface area is 349 Å². The molecule has 3 aromatic heterocycles. The number of nitrogen functional groups attached to an aromatic ring is 2. The number of aryl methyl sites for hydroxylation is 3. The summed E-state index contributed by atoms with van der Waals surface area (Å²) in [5.41, 5.74) is 27.2. The van der Waals surface area contributed by atoms with E-state index in [9.17, 15) is 8.78 Å². The Morgan fingerprint density at radius 2 is 1.47 bits per heavy atom. The van der Waals surface area contributed by atoms with Crippen molar-refractivity contribution in [1.82, 2.24) is 20.3 Å². The van der Waals surface area contributed by atoms with E-state index in [-0.39, 0.29) is 13.2 Å². The summed E-state index contributed by atoms with van der Waals surface area (Å²) in [4.78, 5) is 21.3. The molecule has 1 aliphatic heterocycles. The Kier molecular flexibility index (Phi) is 16.3. The Morgan fingerprint density at radius 3 is 2.14 bits per heavy atom. The van der Waals surface area contributed by atoms with E-state index in [0.29, 0.717) is 57.8 Å². The van der Waals surface area contributed by atoms with Gasteiger partial charge >= 0.3 is 0 Å². The number of anilines is 2. The van der Waals surface area contributed by atoms with Crippen molar-refractivity contribution in [1.29, 1.82) is 0 Å². The highest BCUT2D eigenvalue weighted by Gasteiger charge is 2.18. The predicted molar refractivity (Wildman–Crippen MR) is 232 cm³/mol. The van der Waals surface area contributed by atoms with E-state index in [1.165, 1.54) is 32.5 Å². The molecule has 0 spiro atoms. The molecule has 58 heavy (non-hydrogen) atoms. The van der Waals surface area contributed by atoms with Crippen molar-refractivity contribution in [2.75, 3.05) is 52.2 Å². The lowest BCUT2D eigenvalue weighted by atomic mass is 10.1. The number of methoxy groups -OCH3 is 2. The molecule has 0 saturated heterocycles. The molecule has 4 heterocycles. The van der Waals surface area contributed by atoms with Crippen molar-refractivity contribution >= 4 is 51.9 Å². The number of nitrogens with one attached hydrogen (secondary N) is 1. The minimum Gasteiger partial charge on any atom is -0.493 e. The van der Waals surface area contributed by atoms with Crippen LogP contribution >= 0.6 is 34.4 Å². The second kappa shape index (κ2) is 21.5. The van der Waals surface area contributed by atoms with Crippen LogP contribution in [0.15, 0.2) is 70.6 Å². The summed E-state index contributed by atoms with van der Waals surface area (Å²) in [5, 5.41) is 4.53. The lowest BCUT2D eigenvalue weighted by molar-refractivity contribution is 0.260. The summed E-state index contributed by atoms with van der Waals surface area (Å²) < 4.78 is 46.5. The van der Waals surface area contributed by atoms with Gasteiger partial charge in [-0.2, -0.15) is 0 Å². The zero-order chi connectivity index (χ0) is 41.6. The van der Waals surface area contributed by atoms with E-state index < -0.39 is 19.5 Å². The van der Waals surface area contributed by atoms with Gasteiger partial charge in [0, 0.05) is 38.4 Å². The zero-order valence-corrected chi connectivity index (χ0v) is 35.3. The number of halogens is 2. The number of hydrogen-bond acceptors (Lipinski definition) is 16. The molecule has 1 aliphatic rings. The van der Waals surface area contributed by atoms with E-state index in [1.54, 1.807) is 49.0 Å². The predicted octanol–water partition coefficient (Wildman–Crippen LogP) is 7.47. The van der Waals surface area contributed by atoms with Gasteiger partial charge < -0.3 is 47.2 Å². The molecule has 1 atom stereocenters. The average molecular weight is 854 g/mol. The monoisotopic (exact) mass is 853 g/mol. The van der Waals surface area contributed by atoms with Gasteiger partial charge in [-0.3, -0.25) is 0 Å². The van der Waals surface area contributed by atoms with Crippen LogP contribution in [-0.4, -0.2) is 67.7 Å². The van der Waals surface area contributed by atoms with Crippen molar-refractivity contribution in [3.63, 3.8) is 0 Å². The molecule has 0 aliphatic carbocycles. The zero-order valence-electron chi connectivity index (χ0n) is 32.8. The van der Waals surface area contributed by atoms with Crippen LogP contribution in [0.25, 0.3) is 21.7 Å². The first-order chi connectivity index (χ1) is 28.0. The minimum absolute atomic E-state index is 0.00510. The Balaban J connectivity index is 0.000000221. The maximum absolute atomic E-state index is 12.6. The van der Waals surface area contributed by atoms with Crippen molar-refractivity contribution < 1.29 is 27.7 Å². The van der Waals surface area contributed by atoms with Gasteiger partial charge in [0.05, 0.1) is 19.9 Å². The van der Waals surface area contributed by atoms with Crippen LogP contribution in [0.5, 0.6) is 23.0 Å². The van der Waals surface area contributed by atoms with Crippen LogP contribution in [0.3, 0.4) is 0 Å². The SMILES string of the molecule is CCCc1sc(-c2ccc(OC)c(OCCF)c2)nc1CCC1=NC(N)C=C(N)N1.COc1cc(-c2cc(CSc3nc(N)cc(N)n3)sc2C)ccc1OCCF. The quantitative estimate of drug-likeness (QED) is 0.0430. The number of thiazole rings is 1. The molecule has 1 unspecified atom stereocenters. The number of aromatic nitrogens is 3. The lowest BCUT2D eigenvalue weighted by Crippen LogP contribution is -2.36. The van der Waals surface area contributed by atoms with E-state index in [2.05, 4.69) is 40.2 Å². The molecule has 2 aromatic carbocycles. The topological polar surface area (TPSA) is 204 Å². The van der Waals surface area contributed by atoms with Crippen LogP contribution in [0, 0.1) is 6.92 Å². The maximum Gasteiger partial charge on any atom is 0.191 e. The van der Waals surface area contributed by atoms with Crippen molar-refractivity contribution in [3.05, 3.63) is 80.8 Å². The highest BCUT2D eigenvalue weighted by atomic mass is 32.2.